The van der Waals surface area contributed by atoms with Gasteiger partial charge in [-0.1, -0.05) is 6.07 Å². The van der Waals surface area contributed by atoms with Gasteiger partial charge in [-0.15, -0.1) is 0 Å². The quantitative estimate of drug-likeness (QED) is 0.915. The molecule has 0 bridgehead atoms. The van der Waals surface area contributed by atoms with Gasteiger partial charge in [-0.3, -0.25) is 4.21 Å². The summed E-state index contributed by atoms with van der Waals surface area (Å²) in [6.07, 6.45) is 0.698. The van der Waals surface area contributed by atoms with Crippen molar-refractivity contribution < 1.29 is 8.60 Å². The second kappa shape index (κ2) is 4.70. The molecule has 0 aliphatic carbocycles. The van der Waals surface area contributed by atoms with Gasteiger partial charge in [0, 0.05) is 17.9 Å². The molecule has 98 valence electrons. The maximum Gasteiger partial charge on any atom is 0.150 e. The van der Waals surface area contributed by atoms with E-state index in [0.717, 1.165) is 5.69 Å². The second-order valence-corrected chi connectivity index (χ2v) is 5.84. The molecule has 0 spiro atoms. The van der Waals surface area contributed by atoms with Crippen LogP contribution >= 0.6 is 0 Å². The van der Waals surface area contributed by atoms with Gasteiger partial charge in [0.1, 0.15) is 16.5 Å². The number of aromatic nitrogens is 2. The fourth-order valence-corrected chi connectivity index (χ4v) is 3.41. The molecule has 0 fully saturated rings. The lowest BCUT2D eigenvalue weighted by Crippen LogP contribution is -2.04. The third kappa shape index (κ3) is 2.35. The number of nitrogens with zero attached hydrogens (tertiary/aromatic N) is 2. The lowest BCUT2D eigenvalue weighted by atomic mass is 10.3. The molecule has 1 aliphatic heterocycles. The average molecular weight is 277 g/mol. The molecule has 3 rings (SSSR count). The second-order valence-electron chi connectivity index (χ2n) is 4.33. The molecule has 0 saturated carbocycles. The number of fused-ring (bicyclic) bond motifs is 1. The number of benzene rings is 1. The molecule has 0 radical (unpaired) electrons. The van der Waals surface area contributed by atoms with Crippen LogP contribution in [0.3, 0.4) is 0 Å². The highest BCUT2D eigenvalue weighted by Gasteiger charge is 2.25. The number of hydrogen-bond acceptors (Lipinski definition) is 4. The topological polar surface area (TPSA) is 54.9 Å². The van der Waals surface area contributed by atoms with Gasteiger partial charge in [-0.25, -0.2) is 14.4 Å². The van der Waals surface area contributed by atoms with E-state index in [1.54, 1.807) is 19.1 Å². The lowest BCUT2D eigenvalue weighted by Gasteiger charge is -2.10. The van der Waals surface area contributed by atoms with E-state index in [1.165, 1.54) is 12.1 Å². The Morgan fingerprint density at radius 3 is 3.00 bits per heavy atom. The first-order chi connectivity index (χ1) is 9.13. The van der Waals surface area contributed by atoms with Gasteiger partial charge >= 0.3 is 0 Å². The van der Waals surface area contributed by atoms with Crippen LogP contribution in [0.1, 0.15) is 11.5 Å². The molecular formula is C13H12FN3OS. The van der Waals surface area contributed by atoms with E-state index in [9.17, 15) is 8.60 Å². The van der Waals surface area contributed by atoms with E-state index in [-0.39, 0.29) is 5.82 Å². The number of rotatable bonds is 2. The van der Waals surface area contributed by atoms with Gasteiger partial charge < -0.3 is 5.32 Å². The summed E-state index contributed by atoms with van der Waals surface area (Å²) in [5.74, 6) is 1.39. The summed E-state index contributed by atoms with van der Waals surface area (Å²) in [7, 11) is -1.08. The van der Waals surface area contributed by atoms with Crippen LogP contribution in [0.5, 0.6) is 0 Å². The maximum absolute atomic E-state index is 13.2. The summed E-state index contributed by atoms with van der Waals surface area (Å²) >= 11 is 0. The third-order valence-corrected chi connectivity index (χ3v) is 4.35. The Hall–Kier alpha value is -1.82. The average Bonchev–Trinajstić information content (AvgIpc) is 2.71. The summed E-state index contributed by atoms with van der Waals surface area (Å²) in [4.78, 5) is 9.24. The van der Waals surface area contributed by atoms with Crippen molar-refractivity contribution in [3.05, 3.63) is 41.6 Å². The Labute approximate surface area is 112 Å². The summed E-state index contributed by atoms with van der Waals surface area (Å²) in [6.45, 7) is 1.79. The van der Waals surface area contributed by atoms with Crippen LogP contribution in [-0.4, -0.2) is 19.9 Å². The van der Waals surface area contributed by atoms with Crippen LogP contribution in [0, 0.1) is 12.7 Å². The fourth-order valence-electron chi connectivity index (χ4n) is 2.11. The van der Waals surface area contributed by atoms with Crippen molar-refractivity contribution in [2.75, 3.05) is 11.1 Å². The van der Waals surface area contributed by atoms with Crippen molar-refractivity contribution in [1.29, 1.82) is 0 Å². The van der Waals surface area contributed by atoms with Crippen LogP contribution in [0.2, 0.25) is 0 Å². The number of anilines is 2. The van der Waals surface area contributed by atoms with Crippen LogP contribution in [0.4, 0.5) is 15.9 Å². The van der Waals surface area contributed by atoms with E-state index in [0.29, 0.717) is 34.4 Å². The molecule has 0 saturated heterocycles. The molecule has 4 nitrogen and oxygen atoms in total. The van der Waals surface area contributed by atoms with Gasteiger partial charge in [0.2, 0.25) is 0 Å². The van der Waals surface area contributed by atoms with Gasteiger partial charge in [-0.2, -0.15) is 0 Å². The SMILES string of the molecule is Cc1nc2c(c(Nc3cccc(F)c3)n1)S(=O)CC2. The third-order valence-electron chi connectivity index (χ3n) is 2.89. The Bertz CT molecular complexity index is 675. The Kier molecular flexibility index (Phi) is 3.02. The molecule has 1 aromatic carbocycles. The molecule has 1 aliphatic rings. The molecular weight excluding hydrogens is 265 g/mol. The van der Waals surface area contributed by atoms with Crippen LogP contribution in [0.15, 0.2) is 29.2 Å². The van der Waals surface area contributed by atoms with Crippen molar-refractivity contribution in [1.82, 2.24) is 9.97 Å². The van der Waals surface area contributed by atoms with E-state index in [4.69, 9.17) is 0 Å². The van der Waals surface area contributed by atoms with Gasteiger partial charge in [0.25, 0.3) is 0 Å². The van der Waals surface area contributed by atoms with E-state index in [1.807, 2.05) is 0 Å². The minimum atomic E-state index is -1.08. The highest BCUT2D eigenvalue weighted by Crippen LogP contribution is 2.29. The van der Waals surface area contributed by atoms with Crippen molar-refractivity contribution in [3.63, 3.8) is 0 Å². The van der Waals surface area contributed by atoms with Crippen LogP contribution < -0.4 is 5.32 Å². The molecule has 6 heteroatoms. The normalized spacial score (nSPS) is 17.3. The number of nitrogens with one attached hydrogen (secondary N) is 1. The zero-order chi connectivity index (χ0) is 13.4. The first kappa shape index (κ1) is 12.2. The highest BCUT2D eigenvalue weighted by molar-refractivity contribution is 7.85. The van der Waals surface area contributed by atoms with Crippen molar-refractivity contribution in [2.24, 2.45) is 0 Å². The highest BCUT2D eigenvalue weighted by atomic mass is 32.2. The smallest absolute Gasteiger partial charge is 0.150 e. The Morgan fingerprint density at radius 1 is 1.37 bits per heavy atom. The van der Waals surface area contributed by atoms with Gasteiger partial charge in [-0.05, 0) is 25.1 Å². The molecule has 1 atom stereocenters. The predicted molar refractivity (Wildman–Crippen MR) is 71.4 cm³/mol. The fraction of sp³-hybridized carbons (Fsp3) is 0.231. The van der Waals surface area contributed by atoms with Crippen molar-refractivity contribution in [3.8, 4) is 0 Å². The molecule has 0 amide bonds. The molecule has 1 aromatic heterocycles. The summed E-state index contributed by atoms with van der Waals surface area (Å²) in [5.41, 5.74) is 1.41. The molecule has 19 heavy (non-hydrogen) atoms. The number of hydrogen-bond donors (Lipinski definition) is 1. The maximum atomic E-state index is 13.2. The summed E-state index contributed by atoms with van der Waals surface area (Å²) < 4.78 is 25.1. The van der Waals surface area contributed by atoms with Gasteiger partial charge in [0.15, 0.2) is 5.82 Å². The zero-order valence-electron chi connectivity index (χ0n) is 10.3. The predicted octanol–water partition coefficient (Wildman–Crippen LogP) is 2.33. The van der Waals surface area contributed by atoms with E-state index < -0.39 is 10.8 Å². The van der Waals surface area contributed by atoms with E-state index >= 15 is 0 Å². The standard InChI is InChI=1S/C13H12FN3OS/c1-8-15-11-5-6-19(18)12(11)13(16-8)17-10-4-2-3-9(14)7-10/h2-4,7H,5-6H2,1H3,(H,15,16,17). The van der Waals surface area contributed by atoms with Crippen LogP contribution in [-0.2, 0) is 17.2 Å². The number of aryl methyl sites for hydroxylation is 2. The first-order valence-corrected chi connectivity index (χ1v) is 7.24. The minimum absolute atomic E-state index is 0.325. The van der Waals surface area contributed by atoms with Gasteiger partial charge in [0.05, 0.1) is 16.5 Å². The first-order valence-electron chi connectivity index (χ1n) is 5.92. The monoisotopic (exact) mass is 277 g/mol. The van der Waals surface area contributed by atoms with Crippen molar-refractivity contribution >= 4 is 22.3 Å². The Morgan fingerprint density at radius 2 is 2.21 bits per heavy atom. The molecule has 2 aromatic rings. The summed E-state index contributed by atoms with van der Waals surface area (Å²) in [5, 5.41) is 3.03. The van der Waals surface area contributed by atoms with E-state index in [2.05, 4.69) is 15.3 Å². The summed E-state index contributed by atoms with van der Waals surface area (Å²) in [6, 6.07) is 6.11. The minimum Gasteiger partial charge on any atom is -0.339 e. The lowest BCUT2D eigenvalue weighted by molar-refractivity contribution is 0.628. The molecule has 2 heterocycles. The zero-order valence-corrected chi connectivity index (χ0v) is 11.1. The Balaban J connectivity index is 2.04. The molecule has 1 unspecified atom stereocenters. The van der Waals surface area contributed by atoms with Crippen molar-refractivity contribution in [2.45, 2.75) is 18.2 Å². The number of halogens is 1. The molecule has 1 N–H and O–H groups in total. The largest absolute Gasteiger partial charge is 0.339 e. The van der Waals surface area contributed by atoms with Crippen LogP contribution in [0.25, 0.3) is 0 Å².